The Morgan fingerprint density at radius 1 is 1.35 bits per heavy atom. The molecule has 0 bridgehead atoms. The molecule has 1 aromatic rings. The minimum atomic E-state index is -0.127. The summed E-state index contributed by atoms with van der Waals surface area (Å²) in [5.41, 5.74) is 1.09. The second kappa shape index (κ2) is 5.18. The van der Waals surface area contributed by atoms with E-state index in [-0.39, 0.29) is 11.1 Å². The molecule has 3 heteroatoms. The van der Waals surface area contributed by atoms with Gasteiger partial charge in [0, 0.05) is 12.2 Å². The molecule has 0 radical (unpaired) electrons. The van der Waals surface area contributed by atoms with Gasteiger partial charge >= 0.3 is 0 Å². The van der Waals surface area contributed by atoms with Gasteiger partial charge in [0.25, 0.3) is 5.56 Å². The van der Waals surface area contributed by atoms with Crippen molar-refractivity contribution >= 4 is 0 Å². The third-order valence-corrected chi connectivity index (χ3v) is 3.68. The Kier molecular flexibility index (Phi) is 3.63. The maximum absolute atomic E-state index is 12.0. The molecule has 1 aliphatic rings. The molecule has 0 unspecified atom stereocenters. The van der Waals surface area contributed by atoms with Crippen LogP contribution in [0.5, 0.6) is 0 Å². The Morgan fingerprint density at radius 2 is 2.06 bits per heavy atom. The van der Waals surface area contributed by atoms with E-state index in [4.69, 9.17) is 5.26 Å². The van der Waals surface area contributed by atoms with E-state index in [0.29, 0.717) is 5.92 Å². The predicted molar refractivity (Wildman–Crippen MR) is 66.7 cm³/mol. The van der Waals surface area contributed by atoms with Crippen LogP contribution in [0.2, 0.25) is 0 Å². The highest BCUT2D eigenvalue weighted by molar-refractivity contribution is 5.27. The van der Waals surface area contributed by atoms with E-state index < -0.39 is 0 Å². The van der Waals surface area contributed by atoms with Crippen molar-refractivity contribution in [1.82, 2.24) is 4.57 Å². The summed E-state index contributed by atoms with van der Waals surface area (Å²) >= 11 is 0. The quantitative estimate of drug-likeness (QED) is 0.784. The average Bonchev–Trinajstić information content (AvgIpc) is 2.36. The standard InChI is InChI=1S/C14H18N2O/c1-11-7-8-13(9-15)14(17)16(11)10-12-5-3-2-4-6-12/h7-8,12H,2-6,10H2,1H3. The first-order valence-corrected chi connectivity index (χ1v) is 6.33. The summed E-state index contributed by atoms with van der Waals surface area (Å²) in [6.07, 6.45) is 6.29. The number of hydrogen-bond donors (Lipinski definition) is 0. The minimum absolute atomic E-state index is 0.127. The smallest absolute Gasteiger partial charge is 0.268 e. The summed E-state index contributed by atoms with van der Waals surface area (Å²) in [5, 5.41) is 8.88. The van der Waals surface area contributed by atoms with Gasteiger partial charge in [0.2, 0.25) is 0 Å². The zero-order valence-electron chi connectivity index (χ0n) is 10.3. The lowest BCUT2D eigenvalue weighted by Crippen LogP contribution is -2.28. The van der Waals surface area contributed by atoms with Crippen LogP contribution < -0.4 is 5.56 Å². The Labute approximate surface area is 102 Å². The van der Waals surface area contributed by atoms with Crippen LogP contribution in [0.3, 0.4) is 0 Å². The predicted octanol–water partition coefficient (Wildman–Crippen LogP) is 2.61. The van der Waals surface area contributed by atoms with Crippen LogP contribution in [0.15, 0.2) is 16.9 Å². The van der Waals surface area contributed by atoms with Crippen molar-refractivity contribution in [2.24, 2.45) is 5.92 Å². The number of rotatable bonds is 2. The van der Waals surface area contributed by atoms with Crippen molar-refractivity contribution in [3.63, 3.8) is 0 Å². The van der Waals surface area contributed by atoms with E-state index in [1.54, 1.807) is 10.6 Å². The van der Waals surface area contributed by atoms with Gasteiger partial charge in [-0.3, -0.25) is 4.79 Å². The second-order valence-corrected chi connectivity index (χ2v) is 4.92. The van der Waals surface area contributed by atoms with Gasteiger partial charge in [0.05, 0.1) is 0 Å². The molecule has 3 nitrogen and oxygen atoms in total. The molecule has 0 amide bonds. The van der Waals surface area contributed by atoms with Crippen LogP contribution in [0, 0.1) is 24.2 Å². The van der Waals surface area contributed by atoms with Crippen molar-refractivity contribution < 1.29 is 0 Å². The zero-order chi connectivity index (χ0) is 12.3. The molecule has 2 rings (SSSR count). The highest BCUT2D eigenvalue weighted by Gasteiger charge is 2.16. The molecule has 0 spiro atoms. The highest BCUT2D eigenvalue weighted by Crippen LogP contribution is 2.24. The molecule has 0 N–H and O–H groups in total. The topological polar surface area (TPSA) is 45.8 Å². The van der Waals surface area contributed by atoms with Crippen LogP contribution in [0.4, 0.5) is 0 Å². The third-order valence-electron chi connectivity index (χ3n) is 3.68. The molecular formula is C14H18N2O. The monoisotopic (exact) mass is 230 g/mol. The van der Waals surface area contributed by atoms with Crippen LogP contribution in [0.1, 0.15) is 43.4 Å². The van der Waals surface area contributed by atoms with Crippen molar-refractivity contribution in [2.45, 2.75) is 45.6 Å². The fourth-order valence-corrected chi connectivity index (χ4v) is 2.61. The molecule has 1 saturated carbocycles. The summed E-state index contributed by atoms with van der Waals surface area (Å²) in [4.78, 5) is 12.0. The number of aromatic nitrogens is 1. The summed E-state index contributed by atoms with van der Waals surface area (Å²) in [7, 11) is 0. The lowest BCUT2D eigenvalue weighted by Gasteiger charge is -2.23. The lowest BCUT2D eigenvalue weighted by atomic mass is 9.89. The van der Waals surface area contributed by atoms with Crippen LogP contribution in [0.25, 0.3) is 0 Å². The van der Waals surface area contributed by atoms with Gasteiger partial charge < -0.3 is 4.57 Å². The van der Waals surface area contributed by atoms with Crippen molar-refractivity contribution in [3.8, 4) is 6.07 Å². The van der Waals surface area contributed by atoms with E-state index in [2.05, 4.69) is 0 Å². The molecule has 17 heavy (non-hydrogen) atoms. The fourth-order valence-electron chi connectivity index (χ4n) is 2.61. The van der Waals surface area contributed by atoms with Gasteiger partial charge in [-0.15, -0.1) is 0 Å². The summed E-state index contributed by atoms with van der Waals surface area (Å²) in [6.45, 7) is 2.71. The van der Waals surface area contributed by atoms with Crippen molar-refractivity contribution in [3.05, 3.63) is 33.7 Å². The van der Waals surface area contributed by atoms with Gasteiger partial charge in [-0.1, -0.05) is 19.3 Å². The van der Waals surface area contributed by atoms with Gasteiger partial charge in [0.15, 0.2) is 0 Å². The molecule has 1 fully saturated rings. The maximum Gasteiger partial charge on any atom is 0.268 e. The molecule has 1 aliphatic carbocycles. The summed E-state index contributed by atoms with van der Waals surface area (Å²) in [6, 6.07) is 5.45. The third kappa shape index (κ3) is 2.58. The molecule has 1 aromatic heterocycles. The molecule has 0 aromatic carbocycles. The number of pyridine rings is 1. The molecule has 1 heterocycles. The van der Waals surface area contributed by atoms with Gasteiger partial charge in [-0.05, 0) is 37.8 Å². The second-order valence-electron chi connectivity index (χ2n) is 4.92. The van der Waals surface area contributed by atoms with E-state index in [0.717, 1.165) is 12.2 Å². The first-order chi connectivity index (χ1) is 8.22. The van der Waals surface area contributed by atoms with E-state index in [9.17, 15) is 4.79 Å². The molecule has 90 valence electrons. The number of aryl methyl sites for hydroxylation is 1. The van der Waals surface area contributed by atoms with Crippen molar-refractivity contribution in [1.29, 1.82) is 5.26 Å². The van der Waals surface area contributed by atoms with Gasteiger partial charge in [-0.2, -0.15) is 5.26 Å². The molecular weight excluding hydrogens is 212 g/mol. The first-order valence-electron chi connectivity index (χ1n) is 6.33. The summed E-state index contributed by atoms with van der Waals surface area (Å²) < 4.78 is 1.77. The fraction of sp³-hybridized carbons (Fsp3) is 0.571. The van der Waals surface area contributed by atoms with E-state index >= 15 is 0 Å². The molecule has 0 atom stereocenters. The molecule has 0 saturated heterocycles. The Balaban J connectivity index is 2.25. The number of hydrogen-bond acceptors (Lipinski definition) is 2. The van der Waals surface area contributed by atoms with Crippen LogP contribution >= 0.6 is 0 Å². The number of nitriles is 1. The normalized spacial score (nSPS) is 16.7. The number of nitrogens with zero attached hydrogens (tertiary/aromatic N) is 2. The Morgan fingerprint density at radius 3 is 2.71 bits per heavy atom. The highest BCUT2D eigenvalue weighted by atomic mass is 16.1. The van der Waals surface area contributed by atoms with Crippen molar-refractivity contribution in [2.75, 3.05) is 0 Å². The van der Waals surface area contributed by atoms with Crippen LogP contribution in [-0.2, 0) is 6.54 Å². The first kappa shape index (κ1) is 11.9. The largest absolute Gasteiger partial charge is 0.312 e. The average molecular weight is 230 g/mol. The lowest BCUT2D eigenvalue weighted by molar-refractivity contribution is 0.314. The van der Waals surface area contributed by atoms with Gasteiger partial charge in [0.1, 0.15) is 11.6 Å². The molecule has 0 aliphatic heterocycles. The Hall–Kier alpha value is -1.56. The van der Waals surface area contributed by atoms with E-state index in [1.807, 2.05) is 19.1 Å². The van der Waals surface area contributed by atoms with E-state index in [1.165, 1.54) is 32.1 Å². The van der Waals surface area contributed by atoms with Crippen LogP contribution in [-0.4, -0.2) is 4.57 Å². The minimum Gasteiger partial charge on any atom is -0.312 e. The maximum atomic E-state index is 12.0. The SMILES string of the molecule is Cc1ccc(C#N)c(=O)n1CC1CCCCC1. The van der Waals surface area contributed by atoms with Gasteiger partial charge in [-0.25, -0.2) is 0 Å². The zero-order valence-corrected chi connectivity index (χ0v) is 10.3. The Bertz CT molecular complexity index is 490. The summed E-state index contributed by atoms with van der Waals surface area (Å²) in [5.74, 6) is 0.606.